The van der Waals surface area contributed by atoms with Crippen molar-refractivity contribution in [3.05, 3.63) is 0 Å². The number of carboxylic acids is 1. The molecular weight excluding hydrogens is 162 g/mol. The van der Waals surface area contributed by atoms with Crippen LogP contribution >= 0.6 is 0 Å². The van der Waals surface area contributed by atoms with Gasteiger partial charge in [0.05, 0.1) is 19.1 Å². The summed E-state index contributed by atoms with van der Waals surface area (Å²) in [5, 5.41) is 19.4. The predicted molar refractivity (Wildman–Crippen MR) is 41.6 cm³/mol. The van der Waals surface area contributed by atoms with Gasteiger partial charge in [-0.2, -0.15) is 0 Å². The summed E-state index contributed by atoms with van der Waals surface area (Å²) in [6.07, 6.45) is 0.0400. The van der Waals surface area contributed by atoms with E-state index < -0.39 is 12.0 Å². The number of hydrogen-bond acceptors (Lipinski definition) is 3. The molecule has 0 aromatic carbocycles. The van der Waals surface area contributed by atoms with Gasteiger partial charge in [0.1, 0.15) is 0 Å². The third kappa shape index (κ3) is 4.68. The van der Waals surface area contributed by atoms with Crippen LogP contribution in [-0.4, -0.2) is 34.7 Å². The molecule has 0 aliphatic heterocycles. The Balaban J connectivity index is 3.82. The predicted octanol–water partition coefficient (Wildman–Crippen LogP) is -0.652. The topological polar surface area (TPSA) is 86.6 Å². The summed E-state index contributed by atoms with van der Waals surface area (Å²) in [6.45, 7) is 1.31. The van der Waals surface area contributed by atoms with E-state index in [1.54, 1.807) is 6.92 Å². The van der Waals surface area contributed by atoms with Gasteiger partial charge in [-0.15, -0.1) is 0 Å². The molecule has 1 unspecified atom stereocenters. The fourth-order valence-electron chi connectivity index (χ4n) is 0.702. The lowest BCUT2D eigenvalue weighted by atomic mass is 10.2. The molecule has 5 heteroatoms. The highest BCUT2D eigenvalue weighted by Crippen LogP contribution is 1.91. The van der Waals surface area contributed by atoms with Gasteiger partial charge in [-0.3, -0.25) is 9.59 Å². The number of aliphatic carboxylic acids is 1. The molecule has 0 aromatic rings. The van der Waals surface area contributed by atoms with Crippen molar-refractivity contribution in [1.82, 2.24) is 5.32 Å². The van der Waals surface area contributed by atoms with Crippen LogP contribution in [0, 0.1) is 0 Å². The van der Waals surface area contributed by atoms with Crippen molar-refractivity contribution < 1.29 is 19.8 Å². The number of carbonyl (C=O) groups is 2. The van der Waals surface area contributed by atoms with E-state index in [0.717, 1.165) is 0 Å². The standard InChI is InChI=1S/C7H13NO4/c1-2-6(10)8-5(4-9)3-7(11)12/h5,9H,2-4H2,1H3,(H,8,10)(H,11,12). The maximum atomic E-state index is 10.7. The number of nitrogens with one attached hydrogen (secondary N) is 1. The second-order valence-corrected chi connectivity index (χ2v) is 2.40. The lowest BCUT2D eigenvalue weighted by molar-refractivity contribution is -0.138. The zero-order valence-corrected chi connectivity index (χ0v) is 6.91. The van der Waals surface area contributed by atoms with Crippen molar-refractivity contribution in [2.75, 3.05) is 6.61 Å². The summed E-state index contributed by atoms with van der Waals surface area (Å²) < 4.78 is 0. The highest BCUT2D eigenvalue weighted by Gasteiger charge is 2.13. The molecule has 12 heavy (non-hydrogen) atoms. The summed E-state index contributed by atoms with van der Waals surface area (Å²) in [5.74, 6) is -1.29. The first-order valence-electron chi connectivity index (χ1n) is 3.72. The SMILES string of the molecule is CCC(=O)NC(CO)CC(=O)O. The highest BCUT2D eigenvalue weighted by atomic mass is 16.4. The van der Waals surface area contributed by atoms with E-state index in [2.05, 4.69) is 5.32 Å². The van der Waals surface area contributed by atoms with E-state index >= 15 is 0 Å². The number of carboxylic acid groups (broad SMARTS) is 1. The van der Waals surface area contributed by atoms with Crippen LogP contribution in [-0.2, 0) is 9.59 Å². The van der Waals surface area contributed by atoms with Crippen LogP contribution in [0.15, 0.2) is 0 Å². The van der Waals surface area contributed by atoms with E-state index in [4.69, 9.17) is 10.2 Å². The normalized spacial score (nSPS) is 12.2. The minimum Gasteiger partial charge on any atom is -0.481 e. The average Bonchev–Trinajstić information content (AvgIpc) is 2.02. The van der Waals surface area contributed by atoms with Gasteiger partial charge in [0.25, 0.3) is 0 Å². The maximum Gasteiger partial charge on any atom is 0.305 e. The Morgan fingerprint density at radius 2 is 2.08 bits per heavy atom. The maximum absolute atomic E-state index is 10.7. The molecule has 5 nitrogen and oxygen atoms in total. The Kier molecular flexibility index (Phi) is 5.03. The number of amides is 1. The molecule has 0 heterocycles. The molecule has 0 bridgehead atoms. The number of carbonyl (C=O) groups excluding carboxylic acids is 1. The molecule has 0 aliphatic rings. The Morgan fingerprint density at radius 1 is 1.50 bits per heavy atom. The average molecular weight is 175 g/mol. The summed E-state index contributed by atoms with van der Waals surface area (Å²) in [7, 11) is 0. The molecule has 0 saturated heterocycles. The summed E-state index contributed by atoms with van der Waals surface area (Å²) in [5.41, 5.74) is 0. The van der Waals surface area contributed by atoms with Crippen molar-refractivity contribution in [3.63, 3.8) is 0 Å². The number of rotatable bonds is 5. The van der Waals surface area contributed by atoms with Crippen LogP contribution in [0.4, 0.5) is 0 Å². The van der Waals surface area contributed by atoms with Crippen LogP contribution in [0.2, 0.25) is 0 Å². The van der Waals surface area contributed by atoms with E-state index in [0.29, 0.717) is 0 Å². The van der Waals surface area contributed by atoms with Crippen molar-refractivity contribution in [2.45, 2.75) is 25.8 Å². The molecule has 70 valence electrons. The minimum atomic E-state index is -1.04. The largest absolute Gasteiger partial charge is 0.481 e. The molecule has 0 fully saturated rings. The Morgan fingerprint density at radius 3 is 2.42 bits per heavy atom. The molecule has 0 saturated carbocycles. The third-order valence-electron chi connectivity index (χ3n) is 1.33. The molecule has 3 N–H and O–H groups in total. The Bertz CT molecular complexity index is 169. The molecule has 0 aliphatic carbocycles. The molecule has 0 aromatic heterocycles. The minimum absolute atomic E-state index is 0.248. The van der Waals surface area contributed by atoms with Gasteiger partial charge in [0.15, 0.2) is 0 Å². The van der Waals surface area contributed by atoms with Gasteiger partial charge in [-0.25, -0.2) is 0 Å². The van der Waals surface area contributed by atoms with Gasteiger partial charge in [0, 0.05) is 6.42 Å². The van der Waals surface area contributed by atoms with Crippen molar-refractivity contribution in [2.24, 2.45) is 0 Å². The fraction of sp³-hybridized carbons (Fsp3) is 0.714. The zero-order chi connectivity index (χ0) is 9.56. The number of aliphatic hydroxyl groups is 1. The number of hydrogen-bond donors (Lipinski definition) is 3. The number of aliphatic hydroxyl groups excluding tert-OH is 1. The van der Waals surface area contributed by atoms with Crippen LogP contribution in [0.3, 0.4) is 0 Å². The summed E-state index contributed by atoms with van der Waals surface area (Å²) in [4.78, 5) is 20.9. The van der Waals surface area contributed by atoms with Gasteiger partial charge in [-0.1, -0.05) is 6.92 Å². The van der Waals surface area contributed by atoms with Crippen LogP contribution < -0.4 is 5.32 Å². The summed E-state index contributed by atoms with van der Waals surface area (Å²) in [6, 6.07) is -0.671. The van der Waals surface area contributed by atoms with Gasteiger partial charge in [-0.05, 0) is 0 Å². The van der Waals surface area contributed by atoms with E-state index in [1.165, 1.54) is 0 Å². The molecule has 0 radical (unpaired) electrons. The quantitative estimate of drug-likeness (QED) is 0.518. The van der Waals surface area contributed by atoms with Crippen molar-refractivity contribution >= 4 is 11.9 Å². The monoisotopic (exact) mass is 175 g/mol. The van der Waals surface area contributed by atoms with Crippen LogP contribution in [0.5, 0.6) is 0 Å². The Labute approximate surface area is 70.4 Å². The van der Waals surface area contributed by atoms with Gasteiger partial charge >= 0.3 is 5.97 Å². The zero-order valence-electron chi connectivity index (χ0n) is 6.91. The van der Waals surface area contributed by atoms with E-state index in [9.17, 15) is 9.59 Å². The van der Waals surface area contributed by atoms with Gasteiger partial charge in [0.2, 0.25) is 5.91 Å². The summed E-state index contributed by atoms with van der Waals surface area (Å²) >= 11 is 0. The Hall–Kier alpha value is -1.10. The fourth-order valence-corrected chi connectivity index (χ4v) is 0.702. The van der Waals surface area contributed by atoms with Crippen molar-refractivity contribution in [3.8, 4) is 0 Å². The highest BCUT2D eigenvalue weighted by molar-refractivity contribution is 5.77. The molecular formula is C7H13NO4. The van der Waals surface area contributed by atoms with Gasteiger partial charge < -0.3 is 15.5 Å². The smallest absolute Gasteiger partial charge is 0.305 e. The lowest BCUT2D eigenvalue weighted by Crippen LogP contribution is -2.38. The first-order chi connectivity index (χ1) is 5.60. The lowest BCUT2D eigenvalue weighted by Gasteiger charge is -2.12. The second kappa shape index (κ2) is 5.54. The van der Waals surface area contributed by atoms with Crippen molar-refractivity contribution in [1.29, 1.82) is 0 Å². The second-order valence-electron chi connectivity index (χ2n) is 2.40. The van der Waals surface area contributed by atoms with E-state index in [-0.39, 0.29) is 25.4 Å². The third-order valence-corrected chi connectivity index (χ3v) is 1.33. The van der Waals surface area contributed by atoms with Crippen LogP contribution in [0.25, 0.3) is 0 Å². The first-order valence-corrected chi connectivity index (χ1v) is 3.72. The van der Waals surface area contributed by atoms with Crippen LogP contribution in [0.1, 0.15) is 19.8 Å². The first kappa shape index (κ1) is 10.9. The molecule has 1 atom stereocenters. The van der Waals surface area contributed by atoms with E-state index in [1.807, 2.05) is 0 Å². The molecule has 0 rings (SSSR count). The molecule has 0 spiro atoms. The molecule has 1 amide bonds.